The van der Waals surface area contributed by atoms with Crippen LogP contribution in [0.15, 0.2) is 40.9 Å². The summed E-state index contributed by atoms with van der Waals surface area (Å²) < 4.78 is 6.10. The summed E-state index contributed by atoms with van der Waals surface area (Å²) in [4.78, 5) is 55.2. The Bertz CT molecular complexity index is 1310. The second kappa shape index (κ2) is 11.9. The van der Waals surface area contributed by atoms with Crippen LogP contribution in [-0.4, -0.2) is 59.9 Å². The molecule has 2 aliphatic rings. The summed E-state index contributed by atoms with van der Waals surface area (Å²) in [6.07, 6.45) is 1.71. The maximum absolute atomic E-state index is 13.3. The number of nitrogens with zero attached hydrogens (tertiary/aromatic N) is 2. The van der Waals surface area contributed by atoms with Gasteiger partial charge < -0.3 is 19.9 Å². The Morgan fingerprint density at radius 1 is 1.00 bits per heavy atom. The molecule has 2 saturated heterocycles. The molecule has 2 unspecified atom stereocenters. The van der Waals surface area contributed by atoms with Gasteiger partial charge in [-0.05, 0) is 76.4 Å². The minimum Gasteiger partial charge on any atom is -0.456 e. The number of likely N-dealkylation sites (tertiary alicyclic amines) is 1. The van der Waals surface area contributed by atoms with E-state index < -0.39 is 23.5 Å². The van der Waals surface area contributed by atoms with Crippen molar-refractivity contribution >= 4 is 68.5 Å². The van der Waals surface area contributed by atoms with Crippen molar-refractivity contribution in [2.45, 2.75) is 51.7 Å². The summed E-state index contributed by atoms with van der Waals surface area (Å²) >= 11 is 15.5. The van der Waals surface area contributed by atoms with Gasteiger partial charge in [-0.3, -0.25) is 14.4 Å². The van der Waals surface area contributed by atoms with Crippen LogP contribution in [0.5, 0.6) is 0 Å². The van der Waals surface area contributed by atoms with Crippen LogP contribution in [0.25, 0.3) is 0 Å². The number of ether oxygens (including phenoxy) is 1. The van der Waals surface area contributed by atoms with Crippen LogP contribution < -0.4 is 10.2 Å². The molecule has 208 valence electrons. The maximum Gasteiger partial charge on any atom is 0.338 e. The van der Waals surface area contributed by atoms with Gasteiger partial charge in [0.1, 0.15) is 11.6 Å². The van der Waals surface area contributed by atoms with Crippen LogP contribution in [0.2, 0.25) is 10.0 Å². The SMILES string of the molecule is CC(C)(C)OC(=O)c1cc(Br)cc(N2CCC(NC(=O)C3CCCN(C(=O)c4ccc(Cl)c(Cl)c4)C3)C2=O)c1. The Hall–Kier alpha value is -2.62. The Balaban J connectivity index is 1.40. The van der Waals surface area contributed by atoms with Crippen molar-refractivity contribution in [2.75, 3.05) is 24.5 Å². The highest BCUT2D eigenvalue weighted by molar-refractivity contribution is 9.10. The molecule has 2 heterocycles. The lowest BCUT2D eigenvalue weighted by Crippen LogP contribution is -2.49. The molecule has 8 nitrogen and oxygen atoms in total. The normalized spacial score (nSPS) is 19.7. The molecule has 0 radical (unpaired) electrons. The van der Waals surface area contributed by atoms with E-state index in [-0.39, 0.29) is 24.3 Å². The molecule has 2 atom stereocenters. The molecule has 2 aromatic rings. The number of hydrogen-bond acceptors (Lipinski definition) is 5. The summed E-state index contributed by atoms with van der Waals surface area (Å²) in [6.45, 7) is 6.53. The molecule has 0 aliphatic carbocycles. The van der Waals surface area contributed by atoms with Crippen molar-refractivity contribution in [3.63, 3.8) is 0 Å². The topological polar surface area (TPSA) is 96.0 Å². The molecule has 2 fully saturated rings. The highest BCUT2D eigenvalue weighted by Crippen LogP contribution is 2.29. The predicted molar refractivity (Wildman–Crippen MR) is 153 cm³/mol. The largest absolute Gasteiger partial charge is 0.456 e. The molecule has 4 rings (SSSR count). The molecule has 0 bridgehead atoms. The molecular formula is C28H30BrCl2N3O5. The van der Waals surface area contributed by atoms with Crippen LogP contribution in [0.4, 0.5) is 5.69 Å². The zero-order valence-electron chi connectivity index (χ0n) is 21.9. The Labute approximate surface area is 246 Å². The lowest BCUT2D eigenvalue weighted by Gasteiger charge is -2.32. The van der Waals surface area contributed by atoms with E-state index in [4.69, 9.17) is 27.9 Å². The minimum atomic E-state index is -0.692. The van der Waals surface area contributed by atoms with E-state index in [1.54, 1.807) is 60.9 Å². The summed E-state index contributed by atoms with van der Waals surface area (Å²) in [5, 5.41) is 3.54. The second-order valence-electron chi connectivity index (χ2n) is 10.8. The highest BCUT2D eigenvalue weighted by atomic mass is 79.9. The van der Waals surface area contributed by atoms with Gasteiger partial charge in [-0.15, -0.1) is 0 Å². The van der Waals surface area contributed by atoms with Gasteiger partial charge in [-0.1, -0.05) is 39.1 Å². The van der Waals surface area contributed by atoms with E-state index in [1.807, 2.05) is 0 Å². The fraction of sp³-hybridized carbons (Fsp3) is 0.429. The predicted octanol–water partition coefficient (Wildman–Crippen LogP) is 5.49. The molecule has 2 aliphatic heterocycles. The standard InChI is InChI=1S/C28H30BrCl2N3O5/c1-28(2,3)39-27(38)18-11-19(29)14-20(12-18)34-10-8-23(26(34)37)32-24(35)17-5-4-9-33(15-17)25(36)16-6-7-21(30)22(31)13-16/h6-7,11-14,17,23H,4-5,8-10,15H2,1-3H3,(H,32,35). The first-order valence-electron chi connectivity index (χ1n) is 12.7. The maximum atomic E-state index is 13.3. The van der Waals surface area contributed by atoms with Crippen LogP contribution in [0, 0.1) is 5.92 Å². The van der Waals surface area contributed by atoms with Crippen molar-refractivity contribution in [1.82, 2.24) is 10.2 Å². The van der Waals surface area contributed by atoms with E-state index in [0.29, 0.717) is 63.7 Å². The second-order valence-corrected chi connectivity index (χ2v) is 12.5. The number of halogens is 3. The first-order chi connectivity index (χ1) is 18.3. The smallest absolute Gasteiger partial charge is 0.338 e. The number of amides is 3. The van der Waals surface area contributed by atoms with Gasteiger partial charge in [0.15, 0.2) is 0 Å². The minimum absolute atomic E-state index is 0.218. The molecule has 1 N–H and O–H groups in total. The Kier molecular flexibility index (Phi) is 8.93. The molecule has 0 saturated carbocycles. The number of hydrogen-bond donors (Lipinski definition) is 1. The summed E-state index contributed by atoms with van der Waals surface area (Å²) in [5.41, 5.74) is 0.623. The molecular weight excluding hydrogens is 609 g/mol. The average Bonchev–Trinajstić information content (AvgIpc) is 3.23. The van der Waals surface area contributed by atoms with E-state index >= 15 is 0 Å². The molecule has 39 heavy (non-hydrogen) atoms. The van der Waals surface area contributed by atoms with Crippen LogP contribution in [-0.2, 0) is 14.3 Å². The zero-order valence-corrected chi connectivity index (χ0v) is 25.0. The fourth-order valence-electron chi connectivity index (χ4n) is 4.73. The first kappa shape index (κ1) is 29.4. The van der Waals surface area contributed by atoms with Crippen molar-refractivity contribution in [3.05, 3.63) is 62.0 Å². The third-order valence-electron chi connectivity index (χ3n) is 6.60. The number of anilines is 1. The van der Waals surface area contributed by atoms with Crippen molar-refractivity contribution in [2.24, 2.45) is 5.92 Å². The molecule has 0 spiro atoms. The van der Waals surface area contributed by atoms with Gasteiger partial charge in [-0.2, -0.15) is 0 Å². The number of piperidine rings is 1. The quantitative estimate of drug-likeness (QED) is 0.437. The van der Waals surface area contributed by atoms with Gasteiger partial charge in [0.25, 0.3) is 5.91 Å². The van der Waals surface area contributed by atoms with Gasteiger partial charge >= 0.3 is 5.97 Å². The lowest BCUT2D eigenvalue weighted by molar-refractivity contribution is -0.130. The lowest BCUT2D eigenvalue weighted by atomic mass is 9.96. The fourth-order valence-corrected chi connectivity index (χ4v) is 5.51. The average molecular weight is 639 g/mol. The molecule has 3 amide bonds. The van der Waals surface area contributed by atoms with Gasteiger partial charge in [0.05, 0.1) is 21.5 Å². The third kappa shape index (κ3) is 7.13. The van der Waals surface area contributed by atoms with Gasteiger partial charge in [0, 0.05) is 35.4 Å². The van der Waals surface area contributed by atoms with Crippen LogP contribution in [0.3, 0.4) is 0 Å². The summed E-state index contributed by atoms with van der Waals surface area (Å²) in [5.74, 6) is -1.65. The number of carbonyl (C=O) groups excluding carboxylic acids is 4. The van der Waals surface area contributed by atoms with Crippen molar-refractivity contribution in [3.8, 4) is 0 Å². The number of nitrogens with one attached hydrogen (secondary N) is 1. The third-order valence-corrected chi connectivity index (χ3v) is 7.79. The summed E-state index contributed by atoms with van der Waals surface area (Å²) in [6, 6.07) is 9.04. The van der Waals surface area contributed by atoms with Crippen LogP contribution >= 0.6 is 39.1 Å². The highest BCUT2D eigenvalue weighted by Gasteiger charge is 2.37. The van der Waals surface area contributed by atoms with E-state index in [0.717, 1.165) is 0 Å². The number of benzene rings is 2. The number of carbonyl (C=O) groups is 4. The van der Waals surface area contributed by atoms with E-state index in [2.05, 4.69) is 21.2 Å². The molecule has 0 aromatic heterocycles. The molecule has 2 aromatic carbocycles. The Morgan fingerprint density at radius 3 is 2.44 bits per heavy atom. The van der Waals surface area contributed by atoms with Gasteiger partial charge in [-0.25, -0.2) is 4.79 Å². The molecule has 11 heteroatoms. The van der Waals surface area contributed by atoms with E-state index in [1.165, 1.54) is 6.07 Å². The van der Waals surface area contributed by atoms with E-state index in [9.17, 15) is 19.2 Å². The number of esters is 1. The van der Waals surface area contributed by atoms with Crippen molar-refractivity contribution < 1.29 is 23.9 Å². The zero-order chi connectivity index (χ0) is 28.5. The van der Waals surface area contributed by atoms with Crippen molar-refractivity contribution in [1.29, 1.82) is 0 Å². The number of rotatable bonds is 5. The first-order valence-corrected chi connectivity index (χ1v) is 14.3. The Morgan fingerprint density at radius 2 is 1.74 bits per heavy atom. The van der Waals surface area contributed by atoms with Gasteiger partial charge in [0.2, 0.25) is 11.8 Å². The monoisotopic (exact) mass is 637 g/mol. The summed E-state index contributed by atoms with van der Waals surface area (Å²) in [7, 11) is 0. The van der Waals surface area contributed by atoms with Crippen LogP contribution in [0.1, 0.15) is 60.7 Å².